The Morgan fingerprint density at radius 2 is 1.86 bits per heavy atom. The molecule has 1 aliphatic heterocycles. The van der Waals surface area contributed by atoms with E-state index in [0.717, 1.165) is 70.9 Å². The molecule has 0 aromatic heterocycles. The van der Waals surface area contributed by atoms with E-state index in [1.807, 2.05) is 4.90 Å². The van der Waals surface area contributed by atoms with Crippen LogP contribution in [-0.2, 0) is 9.59 Å². The van der Waals surface area contributed by atoms with E-state index in [1.54, 1.807) is 0 Å². The Kier molecular flexibility index (Phi) is 6.68. The SMILES string of the molecule is O=C(CC1(O)CCCCC1)NCCCN1CCCCCC1=O. The van der Waals surface area contributed by atoms with Crippen LogP contribution in [0.3, 0.4) is 0 Å². The fourth-order valence-electron chi connectivity index (χ4n) is 3.52. The zero-order chi connectivity index (χ0) is 15.8. The summed E-state index contributed by atoms with van der Waals surface area (Å²) in [7, 11) is 0. The monoisotopic (exact) mass is 310 g/mol. The number of aliphatic hydroxyl groups is 1. The summed E-state index contributed by atoms with van der Waals surface area (Å²) in [5.41, 5.74) is -0.789. The highest BCUT2D eigenvalue weighted by atomic mass is 16.3. The first-order chi connectivity index (χ1) is 10.6. The molecule has 1 aliphatic carbocycles. The van der Waals surface area contributed by atoms with Crippen molar-refractivity contribution >= 4 is 11.8 Å². The first-order valence-electron chi connectivity index (χ1n) is 8.86. The van der Waals surface area contributed by atoms with E-state index in [-0.39, 0.29) is 18.2 Å². The lowest BCUT2D eigenvalue weighted by atomic mass is 9.82. The van der Waals surface area contributed by atoms with Crippen molar-refractivity contribution in [2.75, 3.05) is 19.6 Å². The number of likely N-dealkylation sites (tertiary alicyclic amines) is 1. The molecular formula is C17H30N2O3. The molecule has 1 heterocycles. The highest BCUT2D eigenvalue weighted by Gasteiger charge is 2.31. The number of nitrogens with zero attached hydrogens (tertiary/aromatic N) is 1. The third-order valence-electron chi connectivity index (χ3n) is 4.87. The number of nitrogens with one attached hydrogen (secondary N) is 1. The van der Waals surface area contributed by atoms with E-state index in [4.69, 9.17) is 0 Å². The Morgan fingerprint density at radius 1 is 1.14 bits per heavy atom. The molecule has 1 saturated carbocycles. The van der Waals surface area contributed by atoms with Crippen LogP contribution in [0.5, 0.6) is 0 Å². The van der Waals surface area contributed by atoms with Gasteiger partial charge in [-0.15, -0.1) is 0 Å². The van der Waals surface area contributed by atoms with Crippen molar-refractivity contribution in [3.8, 4) is 0 Å². The molecule has 0 aromatic rings. The Bertz CT molecular complexity index is 378. The molecular weight excluding hydrogens is 280 g/mol. The Balaban J connectivity index is 1.61. The molecule has 2 rings (SSSR count). The molecule has 5 heteroatoms. The highest BCUT2D eigenvalue weighted by molar-refractivity contribution is 5.77. The summed E-state index contributed by atoms with van der Waals surface area (Å²) in [4.78, 5) is 25.7. The Hall–Kier alpha value is -1.10. The van der Waals surface area contributed by atoms with Crippen molar-refractivity contribution < 1.29 is 14.7 Å². The predicted octanol–water partition coefficient (Wildman–Crippen LogP) is 1.98. The molecule has 0 spiro atoms. The number of carbonyl (C=O) groups is 2. The molecule has 1 saturated heterocycles. The van der Waals surface area contributed by atoms with Crippen LogP contribution >= 0.6 is 0 Å². The third kappa shape index (κ3) is 5.59. The Labute approximate surface area is 133 Å². The van der Waals surface area contributed by atoms with Crippen molar-refractivity contribution in [1.82, 2.24) is 10.2 Å². The van der Waals surface area contributed by atoms with Gasteiger partial charge in [0.2, 0.25) is 11.8 Å². The van der Waals surface area contributed by atoms with Crippen LogP contribution in [0.4, 0.5) is 0 Å². The van der Waals surface area contributed by atoms with Gasteiger partial charge in [-0.1, -0.05) is 25.7 Å². The Morgan fingerprint density at radius 3 is 2.64 bits per heavy atom. The lowest BCUT2D eigenvalue weighted by Crippen LogP contribution is -2.39. The van der Waals surface area contributed by atoms with Crippen molar-refractivity contribution in [3.05, 3.63) is 0 Å². The van der Waals surface area contributed by atoms with E-state index < -0.39 is 5.60 Å². The minimum absolute atomic E-state index is 0.0633. The molecule has 22 heavy (non-hydrogen) atoms. The smallest absolute Gasteiger partial charge is 0.222 e. The lowest BCUT2D eigenvalue weighted by molar-refractivity contribution is -0.130. The zero-order valence-corrected chi connectivity index (χ0v) is 13.6. The molecule has 0 unspecified atom stereocenters. The van der Waals surface area contributed by atoms with Gasteiger partial charge >= 0.3 is 0 Å². The second kappa shape index (κ2) is 8.51. The van der Waals surface area contributed by atoms with Crippen molar-refractivity contribution in [3.63, 3.8) is 0 Å². The first-order valence-corrected chi connectivity index (χ1v) is 8.86. The van der Waals surface area contributed by atoms with Crippen LogP contribution in [-0.4, -0.2) is 47.1 Å². The van der Waals surface area contributed by atoms with Gasteiger partial charge in [0.1, 0.15) is 0 Å². The minimum Gasteiger partial charge on any atom is -0.389 e. The van der Waals surface area contributed by atoms with Gasteiger partial charge in [-0.25, -0.2) is 0 Å². The van der Waals surface area contributed by atoms with Crippen molar-refractivity contribution in [1.29, 1.82) is 0 Å². The summed E-state index contributed by atoms with van der Waals surface area (Å²) >= 11 is 0. The maximum atomic E-state index is 11.9. The largest absolute Gasteiger partial charge is 0.389 e. The lowest BCUT2D eigenvalue weighted by Gasteiger charge is -2.31. The molecule has 0 aromatic carbocycles. The van der Waals surface area contributed by atoms with Crippen LogP contribution in [0.2, 0.25) is 0 Å². The van der Waals surface area contributed by atoms with Gasteiger partial charge in [0.05, 0.1) is 12.0 Å². The predicted molar refractivity (Wildman–Crippen MR) is 85.3 cm³/mol. The van der Waals surface area contributed by atoms with Crippen LogP contribution in [0, 0.1) is 0 Å². The van der Waals surface area contributed by atoms with Crippen molar-refractivity contribution in [2.24, 2.45) is 0 Å². The number of amides is 2. The summed E-state index contributed by atoms with van der Waals surface area (Å²) in [6.07, 6.45) is 9.57. The molecule has 2 amide bonds. The number of hydrogen-bond acceptors (Lipinski definition) is 3. The second-order valence-corrected chi connectivity index (χ2v) is 6.86. The van der Waals surface area contributed by atoms with E-state index in [2.05, 4.69) is 5.32 Å². The normalized spacial score (nSPS) is 22.2. The average Bonchev–Trinajstić information content (AvgIpc) is 2.68. The molecule has 2 aliphatic rings. The van der Waals surface area contributed by atoms with Gasteiger partial charge in [-0.3, -0.25) is 9.59 Å². The van der Waals surface area contributed by atoms with Gasteiger partial charge in [0.15, 0.2) is 0 Å². The van der Waals surface area contributed by atoms with E-state index in [1.165, 1.54) is 0 Å². The summed E-state index contributed by atoms with van der Waals surface area (Å²) in [5.74, 6) is 0.187. The minimum atomic E-state index is -0.789. The fourth-order valence-corrected chi connectivity index (χ4v) is 3.52. The standard InChI is InChI=1S/C17H30N2O3/c20-15(14-17(22)9-4-2-5-10-17)18-11-7-13-19-12-6-1-3-8-16(19)21/h22H,1-14H2,(H,18,20). The maximum absolute atomic E-state index is 11.9. The quantitative estimate of drug-likeness (QED) is 0.737. The van der Waals surface area contributed by atoms with E-state index in [9.17, 15) is 14.7 Å². The van der Waals surface area contributed by atoms with E-state index in [0.29, 0.717) is 13.0 Å². The van der Waals surface area contributed by atoms with Gasteiger partial charge in [0, 0.05) is 26.1 Å². The number of carbonyl (C=O) groups excluding carboxylic acids is 2. The van der Waals surface area contributed by atoms with Gasteiger partial charge in [-0.2, -0.15) is 0 Å². The van der Waals surface area contributed by atoms with E-state index >= 15 is 0 Å². The molecule has 5 nitrogen and oxygen atoms in total. The number of hydrogen-bond donors (Lipinski definition) is 2. The summed E-state index contributed by atoms with van der Waals surface area (Å²) in [6, 6.07) is 0. The molecule has 2 fully saturated rings. The van der Waals surface area contributed by atoms with Crippen molar-refractivity contribution in [2.45, 2.75) is 76.2 Å². The topological polar surface area (TPSA) is 69.6 Å². The summed E-state index contributed by atoms with van der Waals surface area (Å²) in [6.45, 7) is 2.16. The van der Waals surface area contributed by atoms with Crippen LogP contribution < -0.4 is 5.32 Å². The zero-order valence-electron chi connectivity index (χ0n) is 13.6. The van der Waals surface area contributed by atoms with Crippen LogP contribution in [0.1, 0.15) is 70.6 Å². The molecule has 2 N–H and O–H groups in total. The fraction of sp³-hybridized carbons (Fsp3) is 0.882. The second-order valence-electron chi connectivity index (χ2n) is 6.86. The maximum Gasteiger partial charge on any atom is 0.222 e. The van der Waals surface area contributed by atoms with Gasteiger partial charge in [-0.05, 0) is 32.1 Å². The highest BCUT2D eigenvalue weighted by Crippen LogP contribution is 2.30. The molecule has 126 valence electrons. The third-order valence-corrected chi connectivity index (χ3v) is 4.87. The number of rotatable bonds is 6. The van der Waals surface area contributed by atoms with Gasteiger partial charge < -0.3 is 15.3 Å². The first kappa shape index (κ1) is 17.3. The van der Waals surface area contributed by atoms with Crippen LogP contribution in [0.25, 0.3) is 0 Å². The van der Waals surface area contributed by atoms with Gasteiger partial charge in [0.25, 0.3) is 0 Å². The molecule has 0 radical (unpaired) electrons. The molecule has 0 atom stereocenters. The summed E-state index contributed by atoms with van der Waals surface area (Å²) < 4.78 is 0. The molecule has 0 bridgehead atoms. The van der Waals surface area contributed by atoms with Crippen LogP contribution in [0.15, 0.2) is 0 Å². The summed E-state index contributed by atoms with van der Waals surface area (Å²) in [5, 5.41) is 13.2. The average molecular weight is 310 g/mol.